The average molecular weight is 340 g/mol. The number of urea groups is 1. The largest absolute Gasteiger partial charge is 0.331 e. The fraction of sp³-hybridized carbons (Fsp3) is 0.400. The summed E-state index contributed by atoms with van der Waals surface area (Å²) in [5.74, 6) is 0. The summed E-state index contributed by atoms with van der Waals surface area (Å²) in [6.45, 7) is 6.09. The highest BCUT2D eigenvalue weighted by Gasteiger charge is 2.17. The Hall–Kier alpha value is -2.40. The van der Waals surface area contributed by atoms with E-state index in [2.05, 4.69) is 46.4 Å². The van der Waals surface area contributed by atoms with Gasteiger partial charge in [0.05, 0.1) is 6.04 Å². The zero-order chi connectivity index (χ0) is 18.2. The van der Waals surface area contributed by atoms with Gasteiger partial charge in [-0.25, -0.2) is 4.79 Å². The Balaban J connectivity index is 2.04. The molecule has 1 aromatic carbocycles. The molecule has 0 spiro atoms. The number of carbonyl (C=O) groups excluding carboxylic acids is 1. The molecule has 0 aliphatic carbocycles. The van der Waals surface area contributed by atoms with Gasteiger partial charge in [-0.3, -0.25) is 4.98 Å². The van der Waals surface area contributed by atoms with Gasteiger partial charge >= 0.3 is 6.03 Å². The standard InChI is InChI=1S/C20H28N4O/c1-16-7-9-19(10-8-16)17(2)22-20(25)24(13-12-23(3)4)15-18-6-5-11-21-14-18/h5-11,14,17H,12-13,15H2,1-4H3,(H,22,25). The van der Waals surface area contributed by atoms with Crippen LogP contribution in [0.3, 0.4) is 0 Å². The molecular formula is C20H28N4O. The van der Waals surface area contributed by atoms with Crippen LogP contribution >= 0.6 is 0 Å². The quantitative estimate of drug-likeness (QED) is 0.842. The van der Waals surface area contributed by atoms with Crippen molar-refractivity contribution in [2.24, 2.45) is 0 Å². The number of aromatic nitrogens is 1. The molecular weight excluding hydrogens is 312 g/mol. The zero-order valence-electron chi connectivity index (χ0n) is 15.6. The predicted molar refractivity (Wildman–Crippen MR) is 101 cm³/mol. The molecule has 0 saturated carbocycles. The van der Waals surface area contributed by atoms with Crippen molar-refractivity contribution in [2.45, 2.75) is 26.4 Å². The molecule has 1 N–H and O–H groups in total. The summed E-state index contributed by atoms with van der Waals surface area (Å²) < 4.78 is 0. The van der Waals surface area contributed by atoms with E-state index in [-0.39, 0.29) is 12.1 Å². The fourth-order valence-corrected chi connectivity index (χ4v) is 2.50. The van der Waals surface area contributed by atoms with E-state index in [1.807, 2.05) is 38.1 Å². The minimum Gasteiger partial charge on any atom is -0.331 e. The van der Waals surface area contributed by atoms with E-state index in [1.54, 1.807) is 12.4 Å². The van der Waals surface area contributed by atoms with Crippen molar-refractivity contribution in [1.82, 2.24) is 20.1 Å². The smallest absolute Gasteiger partial charge is 0.318 e. The summed E-state index contributed by atoms with van der Waals surface area (Å²) >= 11 is 0. The SMILES string of the molecule is Cc1ccc(C(C)NC(=O)N(CCN(C)C)Cc2cccnc2)cc1. The molecule has 0 aliphatic heterocycles. The maximum absolute atomic E-state index is 12.8. The third-order valence-corrected chi connectivity index (χ3v) is 4.12. The van der Waals surface area contributed by atoms with Crippen LogP contribution in [-0.2, 0) is 6.54 Å². The van der Waals surface area contributed by atoms with E-state index < -0.39 is 0 Å². The summed E-state index contributed by atoms with van der Waals surface area (Å²) in [5, 5.41) is 3.11. The topological polar surface area (TPSA) is 48.5 Å². The van der Waals surface area contributed by atoms with Gasteiger partial charge < -0.3 is 15.1 Å². The predicted octanol–water partition coefficient (Wildman–Crippen LogP) is 3.22. The van der Waals surface area contributed by atoms with Crippen molar-refractivity contribution in [3.05, 3.63) is 65.5 Å². The lowest BCUT2D eigenvalue weighted by Gasteiger charge is -2.26. The average Bonchev–Trinajstić information content (AvgIpc) is 2.59. The molecule has 0 bridgehead atoms. The fourth-order valence-electron chi connectivity index (χ4n) is 2.50. The molecule has 1 atom stereocenters. The van der Waals surface area contributed by atoms with Gasteiger partial charge in [0, 0.05) is 32.0 Å². The van der Waals surface area contributed by atoms with E-state index in [1.165, 1.54) is 5.56 Å². The Morgan fingerprint density at radius 1 is 1.16 bits per heavy atom. The molecule has 0 aliphatic rings. The molecule has 0 fully saturated rings. The summed E-state index contributed by atoms with van der Waals surface area (Å²) in [5.41, 5.74) is 3.35. The van der Waals surface area contributed by atoms with Crippen LogP contribution in [0.15, 0.2) is 48.8 Å². The van der Waals surface area contributed by atoms with E-state index in [0.717, 1.165) is 17.7 Å². The number of aryl methyl sites for hydroxylation is 1. The molecule has 5 nitrogen and oxygen atoms in total. The molecule has 2 rings (SSSR count). The number of hydrogen-bond donors (Lipinski definition) is 1. The van der Waals surface area contributed by atoms with Crippen molar-refractivity contribution in [2.75, 3.05) is 27.2 Å². The highest BCUT2D eigenvalue weighted by Crippen LogP contribution is 2.14. The van der Waals surface area contributed by atoms with Gasteiger partial charge in [0.25, 0.3) is 0 Å². The van der Waals surface area contributed by atoms with Crippen LogP contribution < -0.4 is 5.32 Å². The lowest BCUT2D eigenvalue weighted by molar-refractivity contribution is 0.185. The molecule has 1 aromatic heterocycles. The van der Waals surface area contributed by atoms with Crippen molar-refractivity contribution < 1.29 is 4.79 Å². The molecule has 134 valence electrons. The second-order valence-electron chi connectivity index (χ2n) is 6.67. The van der Waals surface area contributed by atoms with Crippen molar-refractivity contribution in [1.29, 1.82) is 0 Å². The number of pyridine rings is 1. The molecule has 0 saturated heterocycles. The van der Waals surface area contributed by atoms with Crippen LogP contribution in [0.25, 0.3) is 0 Å². The summed E-state index contributed by atoms with van der Waals surface area (Å²) in [7, 11) is 4.02. The molecule has 2 aromatic rings. The number of hydrogen-bond acceptors (Lipinski definition) is 3. The maximum atomic E-state index is 12.8. The van der Waals surface area contributed by atoms with E-state index in [0.29, 0.717) is 13.1 Å². The third-order valence-electron chi connectivity index (χ3n) is 4.12. The summed E-state index contributed by atoms with van der Waals surface area (Å²) in [6, 6.07) is 12.0. The minimum atomic E-state index is -0.0567. The number of rotatable bonds is 7. The van der Waals surface area contributed by atoms with Crippen LogP contribution in [-0.4, -0.2) is 48.0 Å². The lowest BCUT2D eigenvalue weighted by atomic mass is 10.1. The van der Waals surface area contributed by atoms with Crippen LogP contribution in [0.5, 0.6) is 0 Å². The minimum absolute atomic E-state index is 0.0381. The van der Waals surface area contributed by atoms with Crippen LogP contribution in [0.4, 0.5) is 4.79 Å². The highest BCUT2D eigenvalue weighted by molar-refractivity contribution is 5.74. The normalized spacial score (nSPS) is 12.0. The van der Waals surface area contributed by atoms with Gasteiger partial charge in [0.1, 0.15) is 0 Å². The molecule has 1 heterocycles. The Kier molecular flexibility index (Phi) is 6.95. The van der Waals surface area contributed by atoms with Gasteiger partial charge in [0.2, 0.25) is 0 Å². The molecule has 0 radical (unpaired) electrons. The second-order valence-corrected chi connectivity index (χ2v) is 6.67. The van der Waals surface area contributed by atoms with E-state index in [9.17, 15) is 4.79 Å². The van der Waals surface area contributed by atoms with E-state index in [4.69, 9.17) is 0 Å². The van der Waals surface area contributed by atoms with Crippen LogP contribution in [0.1, 0.15) is 29.7 Å². The van der Waals surface area contributed by atoms with E-state index >= 15 is 0 Å². The molecule has 2 amide bonds. The Morgan fingerprint density at radius 3 is 2.48 bits per heavy atom. The molecule has 5 heteroatoms. The third kappa shape index (κ3) is 6.19. The zero-order valence-corrected chi connectivity index (χ0v) is 15.6. The first-order valence-corrected chi connectivity index (χ1v) is 8.61. The lowest BCUT2D eigenvalue weighted by Crippen LogP contribution is -2.43. The number of amides is 2. The number of nitrogens with one attached hydrogen (secondary N) is 1. The molecule has 25 heavy (non-hydrogen) atoms. The van der Waals surface area contributed by atoms with Gasteiger partial charge in [-0.05, 0) is 45.1 Å². The Bertz CT molecular complexity index is 655. The summed E-state index contributed by atoms with van der Waals surface area (Å²) in [4.78, 5) is 20.8. The van der Waals surface area contributed by atoms with Gasteiger partial charge in [-0.2, -0.15) is 0 Å². The van der Waals surface area contributed by atoms with Crippen molar-refractivity contribution in [3.63, 3.8) is 0 Å². The second kappa shape index (κ2) is 9.18. The Labute approximate surface area is 150 Å². The first kappa shape index (κ1) is 18.9. The number of likely N-dealkylation sites (N-methyl/N-ethyl adjacent to an activating group) is 1. The first-order valence-electron chi connectivity index (χ1n) is 8.61. The maximum Gasteiger partial charge on any atom is 0.318 e. The van der Waals surface area contributed by atoms with Crippen LogP contribution in [0.2, 0.25) is 0 Å². The molecule has 1 unspecified atom stereocenters. The van der Waals surface area contributed by atoms with Gasteiger partial charge in [0.15, 0.2) is 0 Å². The first-order chi connectivity index (χ1) is 12.0. The van der Waals surface area contributed by atoms with Crippen molar-refractivity contribution >= 4 is 6.03 Å². The Morgan fingerprint density at radius 2 is 1.88 bits per heavy atom. The van der Waals surface area contributed by atoms with Crippen LogP contribution in [0, 0.1) is 6.92 Å². The van der Waals surface area contributed by atoms with Crippen molar-refractivity contribution in [3.8, 4) is 0 Å². The summed E-state index contributed by atoms with van der Waals surface area (Å²) in [6.07, 6.45) is 3.55. The van der Waals surface area contributed by atoms with Gasteiger partial charge in [-0.15, -0.1) is 0 Å². The number of benzene rings is 1. The monoisotopic (exact) mass is 340 g/mol. The van der Waals surface area contributed by atoms with Gasteiger partial charge in [-0.1, -0.05) is 35.9 Å². The number of nitrogens with zero attached hydrogens (tertiary/aromatic N) is 3. The highest BCUT2D eigenvalue weighted by atomic mass is 16.2. The number of carbonyl (C=O) groups is 1.